The minimum absolute atomic E-state index is 0.135. The summed E-state index contributed by atoms with van der Waals surface area (Å²) in [5.41, 5.74) is 6.26. The lowest BCUT2D eigenvalue weighted by Gasteiger charge is -2.21. The van der Waals surface area contributed by atoms with E-state index in [9.17, 15) is 4.79 Å². The van der Waals surface area contributed by atoms with Crippen molar-refractivity contribution in [1.82, 2.24) is 5.32 Å². The molecule has 3 N–H and O–H groups in total. The van der Waals surface area contributed by atoms with Gasteiger partial charge in [0.15, 0.2) is 0 Å². The highest BCUT2D eigenvalue weighted by Gasteiger charge is 2.19. The van der Waals surface area contributed by atoms with Crippen molar-refractivity contribution in [2.45, 2.75) is 31.8 Å². The molecule has 1 atom stereocenters. The first-order valence-corrected chi connectivity index (χ1v) is 5.54. The van der Waals surface area contributed by atoms with Crippen molar-refractivity contribution < 1.29 is 4.79 Å². The first-order chi connectivity index (χ1) is 7.94. The second-order valence-corrected chi connectivity index (χ2v) is 4.54. The second-order valence-electron chi connectivity index (χ2n) is 4.54. The Morgan fingerprint density at radius 3 is 2.59 bits per heavy atom. The van der Waals surface area contributed by atoms with Crippen LogP contribution in [-0.2, 0) is 4.79 Å². The van der Waals surface area contributed by atoms with Gasteiger partial charge in [-0.3, -0.25) is 4.79 Å². The van der Waals surface area contributed by atoms with Crippen LogP contribution in [0.1, 0.15) is 31.9 Å². The first-order valence-electron chi connectivity index (χ1n) is 5.54. The lowest BCUT2D eigenvalue weighted by atomic mass is 10.0. The van der Waals surface area contributed by atoms with E-state index < -0.39 is 5.54 Å². The maximum Gasteiger partial charge on any atom is 0.223 e. The van der Waals surface area contributed by atoms with Gasteiger partial charge in [-0.15, -0.1) is 6.42 Å². The Kier molecular flexibility index (Phi) is 4.30. The standard InChI is InChI=1S/C14H18N2O/c1-4-14(2,3)16-13(17)10-12(15)11-8-6-5-7-9-11/h1,5-9,12H,10,15H2,2-3H3,(H,16,17). The van der Waals surface area contributed by atoms with Crippen molar-refractivity contribution in [2.24, 2.45) is 5.73 Å². The van der Waals surface area contributed by atoms with Gasteiger partial charge in [-0.2, -0.15) is 0 Å². The van der Waals surface area contributed by atoms with Crippen LogP contribution >= 0.6 is 0 Å². The maximum atomic E-state index is 11.7. The predicted molar refractivity (Wildman–Crippen MR) is 69.0 cm³/mol. The molecule has 1 rings (SSSR count). The van der Waals surface area contributed by atoms with Crippen LogP contribution in [0.15, 0.2) is 30.3 Å². The molecule has 1 amide bonds. The van der Waals surface area contributed by atoms with E-state index in [-0.39, 0.29) is 18.4 Å². The summed E-state index contributed by atoms with van der Waals surface area (Å²) in [5.74, 6) is 2.38. The van der Waals surface area contributed by atoms with Crippen LogP contribution in [0.5, 0.6) is 0 Å². The van der Waals surface area contributed by atoms with Gasteiger partial charge in [-0.05, 0) is 19.4 Å². The molecule has 0 saturated heterocycles. The van der Waals surface area contributed by atoms with E-state index in [4.69, 9.17) is 12.2 Å². The molecule has 1 unspecified atom stereocenters. The molecular weight excluding hydrogens is 212 g/mol. The number of nitrogens with one attached hydrogen (secondary N) is 1. The summed E-state index contributed by atoms with van der Waals surface area (Å²) in [7, 11) is 0. The van der Waals surface area contributed by atoms with Crippen molar-refractivity contribution in [1.29, 1.82) is 0 Å². The molecule has 0 spiro atoms. The van der Waals surface area contributed by atoms with E-state index in [1.807, 2.05) is 30.3 Å². The van der Waals surface area contributed by atoms with Gasteiger partial charge in [0.05, 0.1) is 5.54 Å². The Hall–Kier alpha value is -1.79. The van der Waals surface area contributed by atoms with Crippen LogP contribution in [0, 0.1) is 12.3 Å². The summed E-state index contributed by atoms with van der Waals surface area (Å²) in [5, 5.41) is 2.75. The molecule has 3 nitrogen and oxygen atoms in total. The van der Waals surface area contributed by atoms with Crippen LogP contribution in [0.25, 0.3) is 0 Å². The van der Waals surface area contributed by atoms with Crippen LogP contribution in [0.4, 0.5) is 0 Å². The van der Waals surface area contributed by atoms with Gasteiger partial charge in [0.25, 0.3) is 0 Å². The van der Waals surface area contributed by atoms with Crippen molar-refractivity contribution in [3.63, 3.8) is 0 Å². The van der Waals surface area contributed by atoms with E-state index in [1.54, 1.807) is 13.8 Å². The summed E-state index contributed by atoms with van der Waals surface area (Å²) < 4.78 is 0. The molecule has 90 valence electrons. The highest BCUT2D eigenvalue weighted by atomic mass is 16.1. The molecule has 3 heteroatoms. The van der Waals surface area contributed by atoms with E-state index in [1.165, 1.54) is 0 Å². The van der Waals surface area contributed by atoms with Crippen LogP contribution < -0.4 is 11.1 Å². The van der Waals surface area contributed by atoms with Crippen LogP contribution in [0.3, 0.4) is 0 Å². The SMILES string of the molecule is C#CC(C)(C)NC(=O)CC(N)c1ccccc1. The zero-order valence-corrected chi connectivity index (χ0v) is 10.2. The van der Waals surface area contributed by atoms with E-state index in [0.29, 0.717) is 0 Å². The molecular formula is C14H18N2O. The second kappa shape index (κ2) is 5.51. The number of amides is 1. The van der Waals surface area contributed by atoms with E-state index in [2.05, 4.69) is 11.2 Å². The van der Waals surface area contributed by atoms with Gasteiger partial charge >= 0.3 is 0 Å². The molecule has 1 aromatic rings. The summed E-state index contributed by atoms with van der Waals surface area (Å²) in [6.45, 7) is 3.55. The monoisotopic (exact) mass is 230 g/mol. The Bertz CT molecular complexity index is 418. The predicted octanol–water partition coefficient (Wildman–Crippen LogP) is 1.60. The number of carbonyl (C=O) groups excluding carboxylic acids is 1. The fourth-order valence-electron chi connectivity index (χ4n) is 1.45. The van der Waals surface area contributed by atoms with E-state index >= 15 is 0 Å². The third-order valence-corrected chi connectivity index (χ3v) is 2.45. The summed E-state index contributed by atoms with van der Waals surface area (Å²) >= 11 is 0. The molecule has 0 bridgehead atoms. The van der Waals surface area contributed by atoms with Gasteiger partial charge < -0.3 is 11.1 Å². The molecule has 1 aromatic carbocycles. The van der Waals surface area contributed by atoms with Crippen LogP contribution in [-0.4, -0.2) is 11.4 Å². The van der Waals surface area contributed by atoms with Crippen molar-refractivity contribution in [3.8, 4) is 12.3 Å². The lowest BCUT2D eigenvalue weighted by Crippen LogP contribution is -2.43. The molecule has 0 fully saturated rings. The minimum Gasteiger partial charge on any atom is -0.340 e. The summed E-state index contributed by atoms with van der Waals surface area (Å²) in [6.07, 6.45) is 5.53. The smallest absolute Gasteiger partial charge is 0.223 e. The van der Waals surface area contributed by atoms with E-state index in [0.717, 1.165) is 5.56 Å². The normalized spacial score (nSPS) is 12.6. The third-order valence-electron chi connectivity index (χ3n) is 2.45. The highest BCUT2D eigenvalue weighted by Crippen LogP contribution is 2.13. The zero-order chi connectivity index (χ0) is 12.9. The average molecular weight is 230 g/mol. The maximum absolute atomic E-state index is 11.7. The topological polar surface area (TPSA) is 55.1 Å². The first kappa shape index (κ1) is 13.3. The molecule has 17 heavy (non-hydrogen) atoms. The number of hydrogen-bond donors (Lipinski definition) is 2. The number of hydrogen-bond acceptors (Lipinski definition) is 2. The van der Waals surface area contributed by atoms with Gasteiger partial charge in [0, 0.05) is 12.5 Å². The Balaban J connectivity index is 2.56. The number of rotatable bonds is 4. The van der Waals surface area contributed by atoms with Crippen molar-refractivity contribution in [3.05, 3.63) is 35.9 Å². The Labute approximate surface area is 102 Å². The largest absolute Gasteiger partial charge is 0.340 e. The number of carbonyl (C=O) groups is 1. The van der Waals surface area contributed by atoms with Gasteiger partial charge in [-0.1, -0.05) is 36.3 Å². The van der Waals surface area contributed by atoms with Crippen molar-refractivity contribution in [2.75, 3.05) is 0 Å². The fourth-order valence-corrected chi connectivity index (χ4v) is 1.45. The average Bonchev–Trinajstić information content (AvgIpc) is 2.29. The highest BCUT2D eigenvalue weighted by molar-refractivity contribution is 5.78. The number of benzene rings is 1. The Morgan fingerprint density at radius 1 is 1.47 bits per heavy atom. The molecule has 0 aliphatic carbocycles. The molecule has 0 aliphatic heterocycles. The van der Waals surface area contributed by atoms with Crippen molar-refractivity contribution >= 4 is 5.91 Å². The van der Waals surface area contributed by atoms with Crippen LogP contribution in [0.2, 0.25) is 0 Å². The Morgan fingerprint density at radius 2 is 2.06 bits per heavy atom. The molecule has 0 heterocycles. The van der Waals surface area contributed by atoms with Gasteiger partial charge in [0.2, 0.25) is 5.91 Å². The summed E-state index contributed by atoms with van der Waals surface area (Å²) in [6, 6.07) is 9.23. The molecule has 0 aromatic heterocycles. The quantitative estimate of drug-likeness (QED) is 0.772. The van der Waals surface area contributed by atoms with Gasteiger partial charge in [-0.25, -0.2) is 0 Å². The van der Waals surface area contributed by atoms with Gasteiger partial charge in [0.1, 0.15) is 0 Å². The molecule has 0 aliphatic rings. The number of terminal acetylenes is 1. The minimum atomic E-state index is -0.631. The fraction of sp³-hybridized carbons (Fsp3) is 0.357. The molecule has 0 saturated carbocycles. The summed E-state index contributed by atoms with van der Waals surface area (Å²) in [4.78, 5) is 11.7. The number of nitrogens with two attached hydrogens (primary N) is 1. The zero-order valence-electron chi connectivity index (χ0n) is 10.2. The lowest BCUT2D eigenvalue weighted by molar-refractivity contribution is -0.122. The third kappa shape index (κ3) is 4.29. The molecule has 0 radical (unpaired) electrons.